The van der Waals surface area contributed by atoms with Gasteiger partial charge in [0.05, 0.1) is 10.9 Å². The number of aryl methyl sites for hydroxylation is 1. The van der Waals surface area contributed by atoms with Crippen LogP contribution < -0.4 is 5.32 Å². The maximum Gasteiger partial charge on any atom is 0.237 e. The first-order valence-electron chi connectivity index (χ1n) is 6.45. The Kier molecular flexibility index (Phi) is 5.42. The van der Waals surface area contributed by atoms with Crippen LogP contribution in [0, 0.1) is 12.7 Å². The van der Waals surface area contributed by atoms with Crippen molar-refractivity contribution in [3.63, 3.8) is 0 Å². The molecule has 2 rings (SSSR count). The Hall–Kier alpha value is -1.33. The molecule has 0 aliphatic heterocycles. The number of hydrogen-bond acceptors (Lipinski definition) is 2. The minimum atomic E-state index is -0.453. The molecule has 0 saturated heterocycles. The minimum Gasteiger partial charge on any atom is -0.323 e. The van der Waals surface area contributed by atoms with Crippen LogP contribution in [0.3, 0.4) is 0 Å². The Bertz CT molecular complexity index is 645. The number of carbonyl (C=O) groups is 1. The average Bonchev–Trinajstić information content (AvgIpc) is 2.44. The number of amides is 1. The first-order valence-corrected chi connectivity index (χ1v) is 8.12. The molecule has 2 aromatic carbocycles. The van der Waals surface area contributed by atoms with Crippen LogP contribution in [0.25, 0.3) is 0 Å². The molecule has 21 heavy (non-hydrogen) atoms. The zero-order chi connectivity index (χ0) is 15.4. The van der Waals surface area contributed by atoms with Crippen LogP contribution in [0.1, 0.15) is 12.5 Å². The van der Waals surface area contributed by atoms with Gasteiger partial charge >= 0.3 is 0 Å². The Labute approximate surface area is 136 Å². The molecule has 0 aliphatic carbocycles. The molecule has 110 valence electrons. The van der Waals surface area contributed by atoms with Crippen molar-refractivity contribution in [2.75, 3.05) is 5.32 Å². The van der Waals surface area contributed by atoms with Gasteiger partial charge in [-0.1, -0.05) is 33.6 Å². The van der Waals surface area contributed by atoms with E-state index in [1.54, 1.807) is 19.1 Å². The topological polar surface area (TPSA) is 29.1 Å². The highest BCUT2D eigenvalue weighted by Crippen LogP contribution is 2.25. The second-order valence-corrected chi connectivity index (χ2v) is 7.02. The van der Waals surface area contributed by atoms with Crippen LogP contribution in [-0.2, 0) is 4.79 Å². The lowest BCUT2D eigenvalue weighted by atomic mass is 10.2. The fraction of sp³-hybridized carbons (Fsp3) is 0.188. The zero-order valence-electron chi connectivity index (χ0n) is 11.7. The van der Waals surface area contributed by atoms with Crippen LogP contribution in [0.2, 0.25) is 0 Å². The first kappa shape index (κ1) is 16.0. The SMILES string of the molecule is Cc1ccc(S[C@H](C)C(=O)Nc2ccc(Br)cc2F)cc1. The molecule has 0 unspecified atom stereocenters. The number of anilines is 1. The second kappa shape index (κ2) is 7.09. The van der Waals surface area contributed by atoms with Crippen LogP contribution in [0.4, 0.5) is 10.1 Å². The average molecular weight is 368 g/mol. The van der Waals surface area contributed by atoms with Crippen molar-refractivity contribution in [1.82, 2.24) is 0 Å². The van der Waals surface area contributed by atoms with Crippen molar-refractivity contribution in [3.8, 4) is 0 Å². The van der Waals surface area contributed by atoms with E-state index >= 15 is 0 Å². The summed E-state index contributed by atoms with van der Waals surface area (Å²) in [4.78, 5) is 13.1. The molecule has 5 heteroatoms. The molecule has 0 aliphatic rings. The highest BCUT2D eigenvalue weighted by molar-refractivity contribution is 9.10. The van der Waals surface area contributed by atoms with Crippen LogP contribution in [0.15, 0.2) is 51.8 Å². The summed E-state index contributed by atoms with van der Waals surface area (Å²) in [6.07, 6.45) is 0. The Balaban J connectivity index is 2.00. The van der Waals surface area contributed by atoms with Crippen molar-refractivity contribution in [2.45, 2.75) is 24.0 Å². The molecule has 0 saturated carbocycles. The van der Waals surface area contributed by atoms with Gasteiger partial charge in [0.2, 0.25) is 5.91 Å². The Morgan fingerprint density at radius 1 is 1.24 bits per heavy atom. The molecular formula is C16H15BrFNOS. The number of thioether (sulfide) groups is 1. The highest BCUT2D eigenvalue weighted by Gasteiger charge is 2.16. The lowest BCUT2D eigenvalue weighted by Gasteiger charge is -2.12. The van der Waals surface area contributed by atoms with Gasteiger partial charge in [0.1, 0.15) is 5.82 Å². The molecule has 0 radical (unpaired) electrons. The van der Waals surface area contributed by atoms with E-state index in [2.05, 4.69) is 21.2 Å². The van der Waals surface area contributed by atoms with Crippen molar-refractivity contribution >= 4 is 39.3 Å². The molecule has 2 aromatic rings. The first-order chi connectivity index (χ1) is 9.95. The molecule has 0 fully saturated rings. The third kappa shape index (κ3) is 4.58. The molecule has 1 amide bonds. The van der Waals surface area contributed by atoms with E-state index in [0.29, 0.717) is 4.47 Å². The standard InChI is InChI=1S/C16H15BrFNOS/c1-10-3-6-13(7-4-10)21-11(2)16(20)19-15-8-5-12(17)9-14(15)18/h3-9,11H,1-2H3,(H,19,20)/t11-/m1/s1. The number of halogens is 2. The third-order valence-electron chi connectivity index (χ3n) is 2.89. The molecule has 2 nitrogen and oxygen atoms in total. The van der Waals surface area contributed by atoms with E-state index in [9.17, 15) is 9.18 Å². The van der Waals surface area contributed by atoms with Crippen LogP contribution in [0.5, 0.6) is 0 Å². The molecule has 0 bridgehead atoms. The lowest BCUT2D eigenvalue weighted by molar-refractivity contribution is -0.115. The minimum absolute atomic E-state index is 0.194. The summed E-state index contributed by atoms with van der Waals surface area (Å²) in [5.74, 6) is -0.674. The van der Waals surface area contributed by atoms with Gasteiger partial charge in [-0.3, -0.25) is 4.79 Å². The van der Waals surface area contributed by atoms with Crippen molar-refractivity contribution in [3.05, 3.63) is 58.3 Å². The number of rotatable bonds is 4. The zero-order valence-corrected chi connectivity index (χ0v) is 14.1. The van der Waals surface area contributed by atoms with E-state index in [1.807, 2.05) is 31.2 Å². The number of carbonyl (C=O) groups excluding carboxylic acids is 1. The molecule has 1 atom stereocenters. The third-order valence-corrected chi connectivity index (χ3v) is 4.50. The van der Waals surface area contributed by atoms with Gasteiger partial charge < -0.3 is 5.32 Å². The van der Waals surface area contributed by atoms with Crippen molar-refractivity contribution < 1.29 is 9.18 Å². The van der Waals surface area contributed by atoms with Gasteiger partial charge in [-0.05, 0) is 44.2 Å². The van der Waals surface area contributed by atoms with Gasteiger partial charge in [0.25, 0.3) is 0 Å². The lowest BCUT2D eigenvalue weighted by Crippen LogP contribution is -2.22. The fourth-order valence-corrected chi connectivity index (χ4v) is 2.90. The summed E-state index contributed by atoms with van der Waals surface area (Å²) in [7, 11) is 0. The smallest absolute Gasteiger partial charge is 0.237 e. The summed E-state index contributed by atoms with van der Waals surface area (Å²) in [6.45, 7) is 3.82. The summed E-state index contributed by atoms with van der Waals surface area (Å²) < 4.78 is 14.3. The Morgan fingerprint density at radius 2 is 1.90 bits per heavy atom. The van der Waals surface area contributed by atoms with Gasteiger partial charge in [0.15, 0.2) is 0 Å². The van der Waals surface area contributed by atoms with E-state index in [-0.39, 0.29) is 16.8 Å². The molecule has 0 aromatic heterocycles. The monoisotopic (exact) mass is 367 g/mol. The van der Waals surface area contributed by atoms with Gasteiger partial charge in [-0.15, -0.1) is 11.8 Å². The normalized spacial score (nSPS) is 12.0. The quantitative estimate of drug-likeness (QED) is 0.769. The maximum atomic E-state index is 13.7. The molecule has 0 heterocycles. The predicted octanol–water partition coefficient (Wildman–Crippen LogP) is 5.02. The molecular weight excluding hydrogens is 353 g/mol. The predicted molar refractivity (Wildman–Crippen MR) is 89.2 cm³/mol. The van der Waals surface area contributed by atoms with E-state index in [0.717, 1.165) is 4.90 Å². The second-order valence-electron chi connectivity index (χ2n) is 4.69. The number of benzene rings is 2. The largest absolute Gasteiger partial charge is 0.323 e. The summed E-state index contributed by atoms with van der Waals surface area (Å²) in [6, 6.07) is 12.5. The van der Waals surface area contributed by atoms with E-state index < -0.39 is 5.82 Å². The number of hydrogen-bond donors (Lipinski definition) is 1. The fourth-order valence-electron chi connectivity index (χ4n) is 1.70. The Morgan fingerprint density at radius 3 is 2.52 bits per heavy atom. The highest BCUT2D eigenvalue weighted by atomic mass is 79.9. The van der Waals surface area contributed by atoms with Crippen LogP contribution >= 0.6 is 27.7 Å². The van der Waals surface area contributed by atoms with E-state index in [4.69, 9.17) is 0 Å². The van der Waals surface area contributed by atoms with Gasteiger partial charge in [-0.2, -0.15) is 0 Å². The van der Waals surface area contributed by atoms with Crippen molar-refractivity contribution in [1.29, 1.82) is 0 Å². The number of nitrogens with one attached hydrogen (secondary N) is 1. The summed E-state index contributed by atoms with van der Waals surface area (Å²) in [5.41, 5.74) is 1.37. The summed E-state index contributed by atoms with van der Waals surface area (Å²) in [5, 5.41) is 2.30. The maximum absolute atomic E-state index is 13.7. The van der Waals surface area contributed by atoms with Crippen LogP contribution in [-0.4, -0.2) is 11.2 Å². The molecule has 1 N–H and O–H groups in total. The van der Waals surface area contributed by atoms with Gasteiger partial charge in [-0.25, -0.2) is 4.39 Å². The molecule has 0 spiro atoms. The van der Waals surface area contributed by atoms with Gasteiger partial charge in [0, 0.05) is 9.37 Å². The summed E-state index contributed by atoms with van der Waals surface area (Å²) >= 11 is 4.63. The van der Waals surface area contributed by atoms with E-state index in [1.165, 1.54) is 23.4 Å². The van der Waals surface area contributed by atoms with Crippen molar-refractivity contribution in [2.24, 2.45) is 0 Å².